The van der Waals surface area contributed by atoms with Crippen LogP contribution in [0.1, 0.15) is 33.1 Å². The van der Waals surface area contributed by atoms with Gasteiger partial charge in [0.25, 0.3) is 5.56 Å². The molecule has 1 aliphatic heterocycles. The Bertz CT molecular complexity index is 1380. The Hall–Kier alpha value is -3.31. The second-order valence-electron chi connectivity index (χ2n) is 8.43. The van der Waals surface area contributed by atoms with Crippen molar-refractivity contribution < 1.29 is 13.2 Å². The summed E-state index contributed by atoms with van der Waals surface area (Å²) < 4.78 is 28.6. The van der Waals surface area contributed by atoms with Crippen molar-refractivity contribution in [2.24, 2.45) is 0 Å². The van der Waals surface area contributed by atoms with Gasteiger partial charge in [-0.3, -0.25) is 9.59 Å². The SMILES string of the molecule is CCN(CC)S(=O)(=O)c1ccc(N2CCCCC2)c(NC(=O)Cn2nnc3ccccc3c2=O)c1. The number of carbonyl (C=O) groups excluding carboxylic acids is 1. The van der Waals surface area contributed by atoms with Crippen LogP contribution in [0.2, 0.25) is 0 Å². The van der Waals surface area contributed by atoms with E-state index in [2.05, 4.69) is 20.5 Å². The van der Waals surface area contributed by atoms with Gasteiger partial charge in [0, 0.05) is 26.2 Å². The maximum absolute atomic E-state index is 13.1. The lowest BCUT2D eigenvalue weighted by Crippen LogP contribution is -2.33. The van der Waals surface area contributed by atoms with Gasteiger partial charge in [0.2, 0.25) is 15.9 Å². The molecule has 3 aromatic rings. The van der Waals surface area contributed by atoms with Crippen molar-refractivity contribution in [1.82, 2.24) is 19.3 Å². The minimum Gasteiger partial charge on any atom is -0.370 e. The number of hydrogen-bond acceptors (Lipinski definition) is 7. The average molecular weight is 499 g/mol. The maximum Gasteiger partial charge on any atom is 0.278 e. The Morgan fingerprint density at radius 1 is 1.06 bits per heavy atom. The van der Waals surface area contributed by atoms with Crippen molar-refractivity contribution >= 4 is 38.2 Å². The Morgan fingerprint density at radius 2 is 1.77 bits per heavy atom. The summed E-state index contributed by atoms with van der Waals surface area (Å²) in [7, 11) is -3.71. The first-order chi connectivity index (χ1) is 16.8. The van der Waals surface area contributed by atoms with E-state index in [0.717, 1.165) is 42.7 Å². The number of sulfonamides is 1. The molecule has 1 fully saturated rings. The van der Waals surface area contributed by atoms with Crippen molar-refractivity contribution in [3.8, 4) is 0 Å². The Balaban J connectivity index is 1.66. The third-order valence-electron chi connectivity index (χ3n) is 6.20. The molecule has 0 bridgehead atoms. The fourth-order valence-corrected chi connectivity index (χ4v) is 5.84. The van der Waals surface area contributed by atoms with Gasteiger partial charge in [-0.15, -0.1) is 5.10 Å². The van der Waals surface area contributed by atoms with Crippen molar-refractivity contribution in [2.45, 2.75) is 44.6 Å². The molecule has 0 atom stereocenters. The zero-order valence-electron chi connectivity index (χ0n) is 20.0. The summed E-state index contributed by atoms with van der Waals surface area (Å²) in [5, 5.41) is 11.1. The fourth-order valence-electron chi connectivity index (χ4n) is 4.35. The Labute approximate surface area is 204 Å². The molecule has 1 aliphatic rings. The Kier molecular flexibility index (Phi) is 7.46. The van der Waals surface area contributed by atoms with Gasteiger partial charge >= 0.3 is 0 Å². The number of hydrogen-bond donors (Lipinski definition) is 1. The van der Waals surface area contributed by atoms with Gasteiger partial charge in [0.1, 0.15) is 12.1 Å². The molecule has 0 radical (unpaired) electrons. The number of anilines is 2. The number of amides is 1. The highest BCUT2D eigenvalue weighted by Gasteiger charge is 2.25. The van der Waals surface area contributed by atoms with Crippen LogP contribution in [0.4, 0.5) is 11.4 Å². The molecular weight excluding hydrogens is 468 g/mol. The van der Waals surface area contributed by atoms with Gasteiger partial charge < -0.3 is 10.2 Å². The summed E-state index contributed by atoms with van der Waals surface area (Å²) in [6.07, 6.45) is 3.18. The number of benzene rings is 2. The molecule has 186 valence electrons. The van der Waals surface area contributed by atoms with Gasteiger partial charge in [-0.25, -0.2) is 13.1 Å². The lowest BCUT2D eigenvalue weighted by molar-refractivity contribution is -0.117. The molecule has 2 aromatic carbocycles. The maximum atomic E-state index is 13.1. The summed E-state index contributed by atoms with van der Waals surface area (Å²) in [4.78, 5) is 28.0. The highest BCUT2D eigenvalue weighted by atomic mass is 32.2. The molecule has 1 saturated heterocycles. The first-order valence-corrected chi connectivity index (χ1v) is 13.3. The van der Waals surface area contributed by atoms with Crippen LogP contribution in [0.5, 0.6) is 0 Å². The van der Waals surface area contributed by atoms with E-state index in [-0.39, 0.29) is 11.4 Å². The van der Waals surface area contributed by atoms with Gasteiger partial charge in [0.15, 0.2) is 0 Å². The number of nitrogens with zero attached hydrogens (tertiary/aromatic N) is 5. The van der Waals surface area contributed by atoms with Crippen LogP contribution in [0, 0.1) is 0 Å². The van der Waals surface area contributed by atoms with Gasteiger partial charge in [-0.05, 0) is 49.6 Å². The number of fused-ring (bicyclic) bond motifs is 1. The van der Waals surface area contributed by atoms with Crippen molar-refractivity contribution in [2.75, 3.05) is 36.4 Å². The number of aromatic nitrogens is 3. The quantitative estimate of drug-likeness (QED) is 0.507. The lowest BCUT2D eigenvalue weighted by Gasteiger charge is -2.31. The lowest BCUT2D eigenvalue weighted by atomic mass is 10.1. The van der Waals surface area contributed by atoms with E-state index >= 15 is 0 Å². The summed E-state index contributed by atoms with van der Waals surface area (Å²) in [6.45, 7) is 5.56. The van der Waals surface area contributed by atoms with E-state index in [1.54, 1.807) is 50.2 Å². The highest BCUT2D eigenvalue weighted by molar-refractivity contribution is 7.89. The highest BCUT2D eigenvalue weighted by Crippen LogP contribution is 2.32. The standard InChI is InChI=1S/C24H30N6O4S/c1-3-29(4-2)35(33,34)18-12-13-22(28-14-8-5-9-15-28)21(16-18)25-23(31)17-30-24(32)19-10-6-7-11-20(19)26-27-30/h6-7,10-13,16H,3-5,8-9,14-15,17H2,1-2H3,(H,25,31). The minimum absolute atomic E-state index is 0.111. The van der Waals surface area contributed by atoms with Gasteiger partial charge in [-0.2, -0.15) is 4.31 Å². The number of nitrogens with one attached hydrogen (secondary N) is 1. The van der Waals surface area contributed by atoms with Crippen LogP contribution in [0.15, 0.2) is 52.2 Å². The topological polar surface area (TPSA) is 118 Å². The predicted octanol–water partition coefficient (Wildman–Crippen LogP) is 2.45. The van der Waals surface area contributed by atoms with Crippen molar-refractivity contribution in [3.05, 3.63) is 52.8 Å². The molecule has 0 aliphatic carbocycles. The molecule has 2 heterocycles. The summed E-state index contributed by atoms with van der Waals surface area (Å²) in [5.41, 5.74) is 1.19. The molecule has 0 saturated carbocycles. The van der Waals surface area contributed by atoms with E-state index in [0.29, 0.717) is 29.7 Å². The van der Waals surface area contributed by atoms with E-state index in [1.807, 2.05) is 0 Å². The second kappa shape index (κ2) is 10.5. The zero-order chi connectivity index (χ0) is 25.0. The van der Waals surface area contributed by atoms with Crippen LogP contribution >= 0.6 is 0 Å². The van der Waals surface area contributed by atoms with Crippen LogP contribution in [0.25, 0.3) is 10.9 Å². The first-order valence-electron chi connectivity index (χ1n) is 11.9. The molecule has 35 heavy (non-hydrogen) atoms. The number of carbonyl (C=O) groups is 1. The molecule has 4 rings (SSSR count). The third-order valence-corrected chi connectivity index (χ3v) is 8.25. The molecular formula is C24H30N6O4S. The van der Waals surface area contributed by atoms with Crippen molar-refractivity contribution in [3.63, 3.8) is 0 Å². The summed E-state index contributed by atoms with van der Waals surface area (Å²) in [5.74, 6) is -0.493. The normalized spacial score (nSPS) is 14.4. The third kappa shape index (κ3) is 5.20. The van der Waals surface area contributed by atoms with E-state index in [4.69, 9.17) is 0 Å². The van der Waals surface area contributed by atoms with Gasteiger partial charge in [0.05, 0.1) is 21.7 Å². The van der Waals surface area contributed by atoms with Crippen molar-refractivity contribution in [1.29, 1.82) is 0 Å². The number of piperidine rings is 1. The summed E-state index contributed by atoms with van der Waals surface area (Å²) >= 11 is 0. The Morgan fingerprint density at radius 3 is 2.49 bits per heavy atom. The molecule has 1 aromatic heterocycles. The minimum atomic E-state index is -3.71. The molecule has 0 unspecified atom stereocenters. The van der Waals surface area contributed by atoms with Crippen LogP contribution in [-0.2, 0) is 21.4 Å². The van der Waals surface area contributed by atoms with Crippen LogP contribution in [-0.4, -0.2) is 59.8 Å². The van der Waals surface area contributed by atoms with Crippen LogP contribution < -0.4 is 15.8 Å². The monoisotopic (exact) mass is 498 g/mol. The van der Waals surface area contributed by atoms with Crippen LogP contribution in [0.3, 0.4) is 0 Å². The molecule has 11 heteroatoms. The average Bonchev–Trinajstić information content (AvgIpc) is 2.87. The van der Waals surface area contributed by atoms with E-state index in [9.17, 15) is 18.0 Å². The zero-order valence-corrected chi connectivity index (χ0v) is 20.8. The smallest absolute Gasteiger partial charge is 0.278 e. The summed E-state index contributed by atoms with van der Waals surface area (Å²) in [6, 6.07) is 11.6. The van der Waals surface area contributed by atoms with E-state index in [1.165, 1.54) is 10.4 Å². The first kappa shape index (κ1) is 24.8. The predicted molar refractivity (Wildman–Crippen MR) is 135 cm³/mol. The molecule has 0 spiro atoms. The second-order valence-corrected chi connectivity index (χ2v) is 10.4. The van der Waals surface area contributed by atoms with Gasteiger partial charge in [-0.1, -0.05) is 31.2 Å². The molecule has 10 nitrogen and oxygen atoms in total. The molecule has 1 amide bonds. The van der Waals surface area contributed by atoms with E-state index < -0.39 is 21.5 Å². The molecule has 1 N–H and O–H groups in total. The largest absolute Gasteiger partial charge is 0.370 e. The fraction of sp³-hybridized carbons (Fsp3) is 0.417. The number of rotatable bonds is 8.